The molecule has 0 amide bonds. The van der Waals surface area contributed by atoms with E-state index in [4.69, 9.17) is 33.0 Å². The molecule has 0 spiro atoms. The Morgan fingerprint density at radius 3 is 1.92 bits per heavy atom. The largest absolute Gasteiger partial charge is 0.482 e. The van der Waals surface area contributed by atoms with Gasteiger partial charge < -0.3 is 20.1 Å². The molecule has 2 heterocycles. The third kappa shape index (κ3) is 8.72. The van der Waals surface area contributed by atoms with Crippen molar-refractivity contribution in [2.75, 3.05) is 19.7 Å². The molecule has 0 aliphatic carbocycles. The first-order valence-corrected chi connectivity index (χ1v) is 12.3. The number of rotatable bonds is 13. The van der Waals surface area contributed by atoms with Crippen LogP contribution in [0.4, 0.5) is 0 Å². The molecule has 0 aliphatic heterocycles. The number of aryl methyl sites for hydroxylation is 1. The summed E-state index contributed by atoms with van der Waals surface area (Å²) in [5, 5.41) is 31.1. The molecule has 0 fully saturated rings. The van der Waals surface area contributed by atoms with Gasteiger partial charge in [0.15, 0.2) is 6.61 Å². The predicted molar refractivity (Wildman–Crippen MR) is 137 cm³/mol. The van der Waals surface area contributed by atoms with Crippen LogP contribution in [-0.2, 0) is 11.2 Å². The molecule has 8 nitrogen and oxygen atoms in total. The van der Waals surface area contributed by atoms with E-state index < -0.39 is 18.2 Å². The van der Waals surface area contributed by atoms with Crippen molar-refractivity contribution in [3.63, 3.8) is 0 Å². The third-order valence-corrected chi connectivity index (χ3v) is 6.15. The average molecular weight is 534 g/mol. The Labute approximate surface area is 220 Å². The van der Waals surface area contributed by atoms with Crippen LogP contribution >= 0.6 is 23.2 Å². The van der Waals surface area contributed by atoms with E-state index in [-0.39, 0.29) is 25.7 Å². The van der Waals surface area contributed by atoms with Crippen molar-refractivity contribution in [1.29, 1.82) is 0 Å². The van der Waals surface area contributed by atoms with E-state index in [2.05, 4.69) is 9.97 Å². The lowest BCUT2D eigenvalue weighted by atomic mass is 10.0. The molecule has 3 N–H and O–H groups in total. The summed E-state index contributed by atoms with van der Waals surface area (Å²) in [6.45, 7) is 2.10. The number of ether oxygens (including phenoxy) is 1. The van der Waals surface area contributed by atoms with Gasteiger partial charge in [-0.2, -0.15) is 0 Å². The minimum absolute atomic E-state index is 0.0180. The summed E-state index contributed by atoms with van der Waals surface area (Å²) >= 11 is 12.0. The first-order chi connectivity index (χ1) is 17.2. The lowest BCUT2D eigenvalue weighted by Gasteiger charge is -2.32. The van der Waals surface area contributed by atoms with Gasteiger partial charge in [-0.25, -0.2) is 14.8 Å². The van der Waals surface area contributed by atoms with Gasteiger partial charge in [-0.3, -0.25) is 4.90 Å². The molecule has 10 heteroatoms. The topological polar surface area (TPSA) is 116 Å². The Kier molecular flexibility index (Phi) is 10.5. The van der Waals surface area contributed by atoms with Crippen molar-refractivity contribution in [2.24, 2.45) is 0 Å². The summed E-state index contributed by atoms with van der Waals surface area (Å²) in [6, 6.07) is 17.4. The normalized spacial score (nSPS) is 13.8. The fourth-order valence-corrected chi connectivity index (χ4v) is 4.08. The highest BCUT2D eigenvalue weighted by atomic mass is 35.5. The molecule has 36 heavy (non-hydrogen) atoms. The highest BCUT2D eigenvalue weighted by molar-refractivity contribution is 6.29. The van der Waals surface area contributed by atoms with E-state index >= 15 is 0 Å². The van der Waals surface area contributed by atoms with Crippen LogP contribution in [0.2, 0.25) is 10.3 Å². The van der Waals surface area contributed by atoms with Crippen molar-refractivity contribution in [3.05, 3.63) is 87.9 Å². The van der Waals surface area contributed by atoms with Gasteiger partial charge in [-0.1, -0.05) is 47.5 Å². The first-order valence-electron chi connectivity index (χ1n) is 11.5. The van der Waals surface area contributed by atoms with E-state index in [1.807, 2.05) is 24.0 Å². The molecule has 2 aromatic heterocycles. The number of aromatic nitrogens is 2. The van der Waals surface area contributed by atoms with Gasteiger partial charge in [0.1, 0.15) is 28.3 Å². The molecule has 3 rings (SSSR count). The van der Waals surface area contributed by atoms with Gasteiger partial charge in [0.2, 0.25) is 0 Å². The highest BCUT2D eigenvalue weighted by Crippen LogP contribution is 2.22. The van der Waals surface area contributed by atoms with Crippen LogP contribution in [0.15, 0.2) is 60.7 Å². The highest BCUT2D eigenvalue weighted by Gasteiger charge is 2.24. The number of carboxylic acid groups (broad SMARTS) is 1. The van der Waals surface area contributed by atoms with Gasteiger partial charge >= 0.3 is 5.97 Å². The third-order valence-electron chi connectivity index (χ3n) is 5.73. The second kappa shape index (κ2) is 13.5. The van der Waals surface area contributed by atoms with Crippen LogP contribution in [0, 0.1) is 0 Å². The van der Waals surface area contributed by atoms with Crippen molar-refractivity contribution >= 4 is 29.2 Å². The number of carbonyl (C=O) groups is 1. The van der Waals surface area contributed by atoms with E-state index in [1.54, 1.807) is 48.5 Å². The smallest absolute Gasteiger partial charge is 0.341 e. The van der Waals surface area contributed by atoms with Gasteiger partial charge in [0.05, 0.1) is 11.4 Å². The zero-order valence-electron chi connectivity index (χ0n) is 19.8. The van der Waals surface area contributed by atoms with Gasteiger partial charge in [0, 0.05) is 19.1 Å². The van der Waals surface area contributed by atoms with E-state index in [0.717, 1.165) is 18.4 Å². The molecule has 3 aromatic rings. The maximum atomic E-state index is 10.9. The van der Waals surface area contributed by atoms with Crippen LogP contribution in [0.1, 0.15) is 42.5 Å². The van der Waals surface area contributed by atoms with Crippen LogP contribution in [0.25, 0.3) is 0 Å². The number of nitrogens with zero attached hydrogens (tertiary/aromatic N) is 3. The maximum Gasteiger partial charge on any atom is 0.341 e. The Morgan fingerprint density at radius 1 is 0.917 bits per heavy atom. The molecule has 0 aliphatic rings. The minimum Gasteiger partial charge on any atom is -0.482 e. The standard InChI is InChI=1S/C26H29Cl2N3O5/c1-17(8-9-18-10-12-19(13-11-18)36-16-26(34)35)31(14-22(32)20-4-2-6-24(27)29-20)15-23(33)21-5-3-7-25(28)30-21/h2-7,10-13,17,22-23,32-33H,8-9,14-16H2,1H3,(H,34,35). The molecule has 192 valence electrons. The van der Waals surface area contributed by atoms with Crippen LogP contribution < -0.4 is 4.74 Å². The fraction of sp³-hybridized carbons (Fsp3) is 0.346. The maximum absolute atomic E-state index is 10.9. The summed E-state index contributed by atoms with van der Waals surface area (Å²) in [5.41, 5.74) is 1.96. The number of hydrogen-bond acceptors (Lipinski definition) is 7. The lowest BCUT2D eigenvalue weighted by Crippen LogP contribution is -2.40. The van der Waals surface area contributed by atoms with Crippen LogP contribution in [0.5, 0.6) is 5.75 Å². The molecule has 0 saturated heterocycles. The van der Waals surface area contributed by atoms with E-state index in [9.17, 15) is 15.0 Å². The number of halogens is 2. The summed E-state index contributed by atoms with van der Waals surface area (Å²) in [6.07, 6.45) is -0.345. The number of pyridine rings is 2. The number of hydrogen-bond donors (Lipinski definition) is 3. The summed E-state index contributed by atoms with van der Waals surface area (Å²) < 4.78 is 5.18. The molecular formula is C26H29Cl2N3O5. The number of aliphatic carboxylic acids is 1. The van der Waals surface area contributed by atoms with Crippen LogP contribution in [-0.4, -0.2) is 61.9 Å². The van der Waals surface area contributed by atoms with Gasteiger partial charge in [-0.15, -0.1) is 0 Å². The second-order valence-corrected chi connectivity index (χ2v) is 9.24. The molecular weight excluding hydrogens is 505 g/mol. The Bertz CT molecular complexity index is 1080. The number of aliphatic hydroxyl groups excluding tert-OH is 2. The van der Waals surface area contributed by atoms with Crippen molar-refractivity contribution < 1.29 is 24.9 Å². The predicted octanol–water partition coefficient (Wildman–Crippen LogP) is 4.34. The average Bonchev–Trinajstić information content (AvgIpc) is 2.86. The van der Waals surface area contributed by atoms with Crippen molar-refractivity contribution in [3.8, 4) is 5.75 Å². The van der Waals surface area contributed by atoms with Crippen molar-refractivity contribution in [1.82, 2.24) is 14.9 Å². The zero-order chi connectivity index (χ0) is 26.1. The molecule has 0 bridgehead atoms. The number of benzene rings is 1. The quantitative estimate of drug-likeness (QED) is 0.278. The molecule has 1 aromatic carbocycles. The van der Waals surface area contributed by atoms with E-state index in [0.29, 0.717) is 27.4 Å². The Morgan fingerprint density at radius 2 is 1.44 bits per heavy atom. The first kappa shape index (κ1) is 27.8. The zero-order valence-corrected chi connectivity index (χ0v) is 21.3. The van der Waals surface area contributed by atoms with Crippen LogP contribution in [0.3, 0.4) is 0 Å². The van der Waals surface area contributed by atoms with E-state index in [1.165, 1.54) is 0 Å². The molecule has 3 unspecified atom stereocenters. The van der Waals surface area contributed by atoms with Crippen molar-refractivity contribution in [2.45, 2.75) is 38.0 Å². The number of carboxylic acids is 1. The van der Waals surface area contributed by atoms with Gasteiger partial charge in [0.25, 0.3) is 0 Å². The summed E-state index contributed by atoms with van der Waals surface area (Å²) in [4.78, 5) is 21.1. The molecule has 0 saturated carbocycles. The minimum atomic E-state index is -1.03. The molecule has 0 radical (unpaired) electrons. The fourth-order valence-electron chi connectivity index (χ4n) is 3.74. The molecule has 3 atom stereocenters. The Hall–Kier alpha value is -2.75. The Balaban J connectivity index is 1.68. The monoisotopic (exact) mass is 533 g/mol. The number of aliphatic hydroxyl groups is 2. The lowest BCUT2D eigenvalue weighted by molar-refractivity contribution is -0.139. The summed E-state index contributed by atoms with van der Waals surface area (Å²) in [5.74, 6) is -0.538. The second-order valence-electron chi connectivity index (χ2n) is 8.47. The SMILES string of the molecule is CC(CCc1ccc(OCC(=O)O)cc1)N(CC(O)c1cccc(Cl)n1)CC(O)c1cccc(Cl)n1. The van der Waals surface area contributed by atoms with Gasteiger partial charge in [-0.05, 0) is 61.7 Å². The summed E-state index contributed by atoms with van der Waals surface area (Å²) in [7, 11) is 0.